The summed E-state index contributed by atoms with van der Waals surface area (Å²) in [6.45, 7) is 0.421. The van der Waals surface area contributed by atoms with Crippen molar-refractivity contribution >= 4 is 67.4 Å². The normalized spacial score (nSPS) is 10.9. The lowest BCUT2D eigenvalue weighted by Crippen LogP contribution is -2.16. The second-order valence-corrected chi connectivity index (χ2v) is 10.1. The molecular weight excluding hydrogens is 610 g/mol. The van der Waals surface area contributed by atoms with E-state index in [1.807, 2.05) is 72.8 Å². The molecule has 3 aromatic carbocycles. The van der Waals surface area contributed by atoms with E-state index >= 15 is 0 Å². The molecule has 4 rings (SSSR count). The number of anilines is 2. The number of hydrogen-bond acceptors (Lipinski definition) is 8. The number of para-hydroxylation sites is 1. The van der Waals surface area contributed by atoms with Gasteiger partial charge in [-0.15, -0.1) is 10.2 Å². The molecule has 0 aliphatic rings. The number of amides is 1. The van der Waals surface area contributed by atoms with Crippen LogP contribution in [-0.4, -0.2) is 32.7 Å². The Kier molecular flexibility index (Phi) is 8.98. The average molecular weight is 631 g/mol. The van der Waals surface area contributed by atoms with Gasteiger partial charge in [0, 0.05) is 20.2 Å². The molecule has 36 heavy (non-hydrogen) atoms. The molecule has 0 saturated carbocycles. The Morgan fingerprint density at radius 2 is 1.83 bits per heavy atom. The number of hydrogen-bond donors (Lipinski definition) is 3. The molecule has 0 radical (unpaired) electrons. The maximum absolute atomic E-state index is 12.2. The van der Waals surface area contributed by atoms with E-state index in [0.29, 0.717) is 23.2 Å². The molecule has 0 spiro atoms. The quantitative estimate of drug-likeness (QED) is 0.0945. The first-order valence-corrected chi connectivity index (χ1v) is 13.2. The largest absolute Gasteiger partial charge is 0.488 e. The van der Waals surface area contributed by atoms with Gasteiger partial charge in [-0.25, -0.2) is 10.1 Å². The number of carbonyl (C=O) groups excluding carboxylic acids is 1. The lowest BCUT2D eigenvalue weighted by Gasteiger charge is -2.09. The van der Waals surface area contributed by atoms with Crippen molar-refractivity contribution < 1.29 is 9.53 Å². The average Bonchev–Trinajstić information content (AvgIpc) is 3.21. The fourth-order valence-corrected chi connectivity index (χ4v) is 4.51. The van der Waals surface area contributed by atoms with Crippen molar-refractivity contribution in [2.45, 2.75) is 11.8 Å². The lowest BCUT2D eigenvalue weighted by molar-refractivity contribution is -0.113. The number of rotatable bonds is 10. The summed E-state index contributed by atoms with van der Waals surface area (Å²) < 4.78 is 9.09. The highest BCUT2D eigenvalue weighted by Gasteiger charge is 2.12. The summed E-state index contributed by atoms with van der Waals surface area (Å²) in [5, 5.41) is 15.4. The summed E-state index contributed by atoms with van der Waals surface area (Å²) in [5.41, 5.74) is 5.30. The van der Waals surface area contributed by atoms with Crippen LogP contribution in [0.15, 0.2) is 92.0 Å². The van der Waals surface area contributed by atoms with E-state index in [1.165, 1.54) is 4.68 Å². The van der Waals surface area contributed by atoms with Gasteiger partial charge in [0.25, 0.3) is 5.95 Å². The third kappa shape index (κ3) is 7.33. The van der Waals surface area contributed by atoms with E-state index in [9.17, 15) is 4.79 Å². The van der Waals surface area contributed by atoms with Gasteiger partial charge in [0.05, 0.1) is 12.0 Å². The first kappa shape index (κ1) is 25.7. The van der Waals surface area contributed by atoms with Crippen LogP contribution in [0.3, 0.4) is 0 Å². The Balaban J connectivity index is 1.31. The van der Waals surface area contributed by atoms with Crippen LogP contribution < -0.4 is 21.3 Å². The Morgan fingerprint density at radius 1 is 1.06 bits per heavy atom. The molecule has 0 bridgehead atoms. The fourth-order valence-electron chi connectivity index (χ4n) is 3.01. The van der Waals surface area contributed by atoms with Crippen LogP contribution in [0.4, 0.5) is 11.6 Å². The van der Waals surface area contributed by atoms with Crippen molar-refractivity contribution in [3.8, 4) is 5.75 Å². The van der Waals surface area contributed by atoms with Gasteiger partial charge in [-0.05, 0) is 48.0 Å². The molecule has 1 amide bonds. The smallest absolute Gasteiger partial charge is 0.264 e. The van der Waals surface area contributed by atoms with E-state index < -0.39 is 0 Å². The number of carbonyl (C=O) groups is 1. The highest BCUT2D eigenvalue weighted by Crippen LogP contribution is 2.21. The first-order chi connectivity index (χ1) is 17.5. The van der Waals surface area contributed by atoms with Gasteiger partial charge in [0.1, 0.15) is 12.4 Å². The minimum absolute atomic E-state index is 0.119. The van der Waals surface area contributed by atoms with Crippen LogP contribution in [0, 0.1) is 0 Å². The van der Waals surface area contributed by atoms with Gasteiger partial charge in [0.2, 0.25) is 11.1 Å². The molecule has 0 unspecified atom stereocenters. The highest BCUT2D eigenvalue weighted by molar-refractivity contribution is 9.10. The van der Waals surface area contributed by atoms with Gasteiger partial charge in [-0.3, -0.25) is 4.79 Å². The topological polar surface area (TPSA) is 119 Å². The molecule has 9 nitrogen and oxygen atoms in total. The van der Waals surface area contributed by atoms with Crippen molar-refractivity contribution in [3.63, 3.8) is 0 Å². The zero-order chi connectivity index (χ0) is 25.3. The summed E-state index contributed by atoms with van der Waals surface area (Å²) in [6.07, 6.45) is 1.61. The van der Waals surface area contributed by atoms with Crippen LogP contribution >= 0.6 is 43.6 Å². The predicted octanol–water partition coefficient (Wildman–Crippen LogP) is 5.27. The molecule has 4 N–H and O–H groups in total. The van der Waals surface area contributed by atoms with E-state index in [-0.39, 0.29) is 17.6 Å². The summed E-state index contributed by atoms with van der Waals surface area (Å²) in [6, 6.07) is 22.8. The highest BCUT2D eigenvalue weighted by atomic mass is 79.9. The number of thioether (sulfide) groups is 1. The second kappa shape index (κ2) is 12.6. The zero-order valence-corrected chi connectivity index (χ0v) is 22.8. The summed E-state index contributed by atoms with van der Waals surface area (Å²) in [7, 11) is 0. The SMILES string of the molecule is Nn1c(N/N=C/c2ccccc2OCc2cccc(Br)c2)nnc1SCC(=O)Nc1cccc(Br)c1. The molecule has 0 aliphatic heterocycles. The number of hydrazone groups is 1. The lowest BCUT2D eigenvalue weighted by atomic mass is 10.2. The molecule has 1 heterocycles. The molecule has 1 aromatic heterocycles. The van der Waals surface area contributed by atoms with Gasteiger partial charge < -0.3 is 15.9 Å². The standard InChI is InChI=1S/C24H21Br2N7O2S/c25-18-7-3-5-16(11-18)14-35-21-10-2-1-6-17(21)13-28-30-23-31-32-24(33(23)27)36-15-22(34)29-20-9-4-8-19(26)12-20/h1-13H,14-15,27H2,(H,29,34)(H,30,31)/b28-13+. The summed E-state index contributed by atoms with van der Waals surface area (Å²) in [4.78, 5) is 12.2. The molecule has 4 aromatic rings. The van der Waals surface area contributed by atoms with E-state index in [2.05, 4.69) is 57.9 Å². The van der Waals surface area contributed by atoms with Crippen LogP contribution in [0.1, 0.15) is 11.1 Å². The minimum Gasteiger partial charge on any atom is -0.488 e. The van der Waals surface area contributed by atoms with Gasteiger partial charge >= 0.3 is 0 Å². The van der Waals surface area contributed by atoms with Crippen molar-refractivity contribution in [2.75, 3.05) is 22.3 Å². The minimum atomic E-state index is -0.187. The number of nitrogen functional groups attached to an aromatic ring is 1. The monoisotopic (exact) mass is 629 g/mol. The molecule has 184 valence electrons. The van der Waals surface area contributed by atoms with Crippen LogP contribution in [0.25, 0.3) is 0 Å². The van der Waals surface area contributed by atoms with Crippen molar-refractivity contribution in [1.82, 2.24) is 14.9 Å². The second-order valence-electron chi connectivity index (χ2n) is 7.35. The molecule has 0 aliphatic carbocycles. The number of nitrogens with two attached hydrogens (primary N) is 1. The van der Waals surface area contributed by atoms with Gasteiger partial charge in [-0.1, -0.05) is 74.0 Å². The summed E-state index contributed by atoms with van der Waals surface area (Å²) in [5.74, 6) is 6.91. The predicted molar refractivity (Wildman–Crippen MR) is 150 cm³/mol. The van der Waals surface area contributed by atoms with Gasteiger partial charge in [0.15, 0.2) is 0 Å². The van der Waals surface area contributed by atoms with Crippen LogP contribution in [0.2, 0.25) is 0 Å². The molecule has 0 fully saturated rings. The third-order valence-corrected chi connectivity index (χ3v) is 6.61. The Labute approximate surface area is 228 Å². The Hall–Kier alpha value is -3.35. The van der Waals surface area contributed by atoms with Crippen LogP contribution in [-0.2, 0) is 11.4 Å². The Bertz CT molecular complexity index is 1380. The zero-order valence-electron chi connectivity index (χ0n) is 18.8. The van der Waals surface area contributed by atoms with E-state index in [0.717, 1.165) is 31.8 Å². The van der Waals surface area contributed by atoms with Crippen molar-refractivity contribution in [1.29, 1.82) is 0 Å². The molecule has 0 atom stereocenters. The van der Waals surface area contributed by atoms with Crippen molar-refractivity contribution in [3.05, 3.63) is 92.9 Å². The molecular formula is C24H21Br2N7O2S. The third-order valence-electron chi connectivity index (χ3n) is 4.68. The first-order valence-electron chi connectivity index (χ1n) is 10.6. The fraction of sp³-hybridized carbons (Fsp3) is 0.0833. The van der Waals surface area contributed by atoms with Gasteiger partial charge in [-0.2, -0.15) is 5.10 Å². The maximum atomic E-state index is 12.2. The number of nitrogens with zero attached hydrogens (tertiary/aromatic N) is 4. The van der Waals surface area contributed by atoms with Crippen molar-refractivity contribution in [2.24, 2.45) is 5.10 Å². The number of aromatic nitrogens is 3. The Morgan fingerprint density at radius 3 is 2.64 bits per heavy atom. The maximum Gasteiger partial charge on any atom is 0.264 e. The van der Waals surface area contributed by atoms with E-state index in [4.69, 9.17) is 10.6 Å². The molecule has 12 heteroatoms. The van der Waals surface area contributed by atoms with E-state index in [1.54, 1.807) is 6.21 Å². The van der Waals surface area contributed by atoms with Crippen LogP contribution in [0.5, 0.6) is 5.75 Å². The number of ether oxygens (including phenoxy) is 1. The molecule has 0 saturated heterocycles. The summed E-state index contributed by atoms with van der Waals surface area (Å²) >= 11 is 8.01. The number of halogens is 2. The number of benzene rings is 3. The number of nitrogens with one attached hydrogen (secondary N) is 2.